The number of aromatic nitrogens is 4. The molecule has 0 saturated carbocycles. The van der Waals surface area contributed by atoms with E-state index in [1.807, 2.05) is 37.0 Å². The van der Waals surface area contributed by atoms with Crippen molar-refractivity contribution >= 4 is 45.1 Å². The van der Waals surface area contributed by atoms with Gasteiger partial charge < -0.3 is 9.80 Å². The van der Waals surface area contributed by atoms with Crippen LogP contribution in [0.2, 0.25) is 5.02 Å². The first-order valence-electron chi connectivity index (χ1n) is 11.3. The molecule has 0 aliphatic carbocycles. The van der Waals surface area contributed by atoms with Crippen LogP contribution in [0.25, 0.3) is 32.9 Å². The molecule has 1 amide bonds. The number of benzene rings is 2. The van der Waals surface area contributed by atoms with Crippen molar-refractivity contribution in [1.82, 2.24) is 25.1 Å². The lowest BCUT2D eigenvalue weighted by atomic mass is 9.95. The van der Waals surface area contributed by atoms with Crippen LogP contribution in [0.3, 0.4) is 0 Å². The standard InChI is InChI=1S/C25H24ClFN6O/c1-3-4-5-20(34)32-8-10-33(11-9-32)25-16-12-18(26)22(23(27)24(16)28-14-29-25)21-15(2)6-7-19-17(21)13-30-31-19/h4-7,12-14H,3,8-11H2,1-2H3,(H,30,31)/b5-4+. The van der Waals surface area contributed by atoms with E-state index < -0.39 is 5.82 Å². The van der Waals surface area contributed by atoms with Crippen LogP contribution in [0.1, 0.15) is 18.9 Å². The molecule has 1 N–H and O–H groups in total. The van der Waals surface area contributed by atoms with Gasteiger partial charge in [-0.25, -0.2) is 14.4 Å². The highest BCUT2D eigenvalue weighted by molar-refractivity contribution is 6.35. The highest BCUT2D eigenvalue weighted by Gasteiger charge is 2.25. The molecule has 0 radical (unpaired) electrons. The first-order valence-corrected chi connectivity index (χ1v) is 11.6. The molecule has 174 valence electrons. The van der Waals surface area contributed by atoms with E-state index in [4.69, 9.17) is 11.6 Å². The summed E-state index contributed by atoms with van der Waals surface area (Å²) in [6, 6.07) is 5.57. The van der Waals surface area contributed by atoms with Gasteiger partial charge in [0.05, 0.1) is 16.7 Å². The molecule has 9 heteroatoms. The van der Waals surface area contributed by atoms with Crippen molar-refractivity contribution < 1.29 is 9.18 Å². The largest absolute Gasteiger partial charge is 0.352 e. The third-order valence-electron chi connectivity index (χ3n) is 6.27. The predicted molar refractivity (Wildman–Crippen MR) is 133 cm³/mol. The Morgan fingerprint density at radius 3 is 2.74 bits per heavy atom. The Kier molecular flexibility index (Phi) is 5.91. The summed E-state index contributed by atoms with van der Waals surface area (Å²) in [5.74, 6) is 0.143. The predicted octanol–water partition coefficient (Wildman–Crippen LogP) is 4.89. The van der Waals surface area contributed by atoms with Gasteiger partial charge in [-0.1, -0.05) is 30.7 Å². The van der Waals surface area contributed by atoms with Crippen LogP contribution >= 0.6 is 11.6 Å². The fourth-order valence-corrected chi connectivity index (χ4v) is 4.80. The van der Waals surface area contributed by atoms with Gasteiger partial charge in [0.1, 0.15) is 17.7 Å². The first-order chi connectivity index (χ1) is 16.5. The summed E-state index contributed by atoms with van der Waals surface area (Å²) in [6.45, 7) is 6.22. The molecule has 3 heterocycles. The molecular formula is C25H24ClFN6O. The van der Waals surface area contributed by atoms with Crippen molar-refractivity contribution in [2.45, 2.75) is 20.3 Å². The number of H-pyrrole nitrogens is 1. The number of piperazine rings is 1. The summed E-state index contributed by atoms with van der Waals surface area (Å²) in [7, 11) is 0. The molecule has 5 rings (SSSR count). The average molecular weight is 479 g/mol. The summed E-state index contributed by atoms with van der Waals surface area (Å²) in [5, 5.41) is 8.67. The van der Waals surface area contributed by atoms with Crippen LogP contribution in [0, 0.1) is 12.7 Å². The van der Waals surface area contributed by atoms with Gasteiger partial charge in [-0.15, -0.1) is 0 Å². The molecule has 0 spiro atoms. The summed E-state index contributed by atoms with van der Waals surface area (Å²) in [6.07, 6.45) is 7.36. The number of fused-ring (bicyclic) bond motifs is 2. The normalized spacial score (nSPS) is 14.6. The molecule has 4 aromatic rings. The summed E-state index contributed by atoms with van der Waals surface area (Å²) in [5.41, 5.74) is 2.92. The maximum Gasteiger partial charge on any atom is 0.246 e. The fraction of sp³-hybridized carbons (Fsp3) is 0.280. The van der Waals surface area contributed by atoms with E-state index in [2.05, 4.69) is 25.1 Å². The number of anilines is 1. The van der Waals surface area contributed by atoms with E-state index in [9.17, 15) is 4.79 Å². The number of aromatic amines is 1. The molecule has 34 heavy (non-hydrogen) atoms. The number of aryl methyl sites for hydroxylation is 1. The summed E-state index contributed by atoms with van der Waals surface area (Å²) in [4.78, 5) is 24.9. The van der Waals surface area contributed by atoms with Gasteiger partial charge in [-0.3, -0.25) is 9.89 Å². The van der Waals surface area contributed by atoms with Gasteiger partial charge in [0.25, 0.3) is 0 Å². The van der Waals surface area contributed by atoms with Gasteiger partial charge in [-0.2, -0.15) is 5.10 Å². The minimum absolute atomic E-state index is 0.0107. The Morgan fingerprint density at radius 1 is 1.18 bits per heavy atom. The van der Waals surface area contributed by atoms with E-state index >= 15 is 4.39 Å². The molecule has 2 aromatic heterocycles. The van der Waals surface area contributed by atoms with Crippen molar-refractivity contribution in [3.8, 4) is 11.1 Å². The van der Waals surface area contributed by atoms with Crippen molar-refractivity contribution in [2.75, 3.05) is 31.1 Å². The Morgan fingerprint density at radius 2 is 1.97 bits per heavy atom. The Labute approximate surface area is 201 Å². The lowest BCUT2D eigenvalue weighted by Gasteiger charge is -2.35. The van der Waals surface area contributed by atoms with Crippen molar-refractivity contribution in [3.05, 3.63) is 59.3 Å². The number of carbonyl (C=O) groups excluding carboxylic acids is 1. The Balaban J connectivity index is 1.54. The van der Waals surface area contributed by atoms with E-state index in [1.165, 1.54) is 6.33 Å². The van der Waals surface area contributed by atoms with Gasteiger partial charge in [0.15, 0.2) is 5.82 Å². The number of rotatable bonds is 4. The molecule has 7 nitrogen and oxygen atoms in total. The van der Waals surface area contributed by atoms with Crippen LogP contribution in [0.5, 0.6) is 0 Å². The van der Waals surface area contributed by atoms with Crippen LogP contribution in [0.4, 0.5) is 10.2 Å². The van der Waals surface area contributed by atoms with Crippen LogP contribution in [-0.2, 0) is 4.79 Å². The maximum atomic E-state index is 16.0. The molecule has 2 aromatic carbocycles. The zero-order chi connectivity index (χ0) is 23.8. The van der Waals surface area contributed by atoms with Crippen LogP contribution < -0.4 is 4.90 Å². The molecule has 0 bridgehead atoms. The minimum Gasteiger partial charge on any atom is -0.352 e. The second-order valence-corrected chi connectivity index (χ2v) is 8.76. The number of carbonyl (C=O) groups is 1. The van der Waals surface area contributed by atoms with E-state index in [0.29, 0.717) is 48.5 Å². The Bertz CT molecular complexity index is 1420. The lowest BCUT2D eigenvalue weighted by Crippen LogP contribution is -2.48. The fourth-order valence-electron chi connectivity index (χ4n) is 4.52. The van der Waals surface area contributed by atoms with Gasteiger partial charge >= 0.3 is 0 Å². The summed E-state index contributed by atoms with van der Waals surface area (Å²) < 4.78 is 16.0. The third-order valence-corrected chi connectivity index (χ3v) is 6.57. The number of allylic oxidation sites excluding steroid dienone is 1. The summed E-state index contributed by atoms with van der Waals surface area (Å²) >= 11 is 6.70. The van der Waals surface area contributed by atoms with Crippen molar-refractivity contribution in [3.63, 3.8) is 0 Å². The number of halogens is 2. The van der Waals surface area contributed by atoms with E-state index in [1.54, 1.807) is 18.3 Å². The van der Waals surface area contributed by atoms with Gasteiger partial charge in [-0.05, 0) is 37.1 Å². The van der Waals surface area contributed by atoms with Crippen molar-refractivity contribution in [1.29, 1.82) is 0 Å². The average Bonchev–Trinajstić information content (AvgIpc) is 3.32. The topological polar surface area (TPSA) is 78.0 Å². The molecular weight excluding hydrogens is 455 g/mol. The maximum absolute atomic E-state index is 16.0. The molecule has 1 aliphatic heterocycles. The lowest BCUT2D eigenvalue weighted by molar-refractivity contribution is -0.126. The zero-order valence-electron chi connectivity index (χ0n) is 19.0. The number of nitrogens with one attached hydrogen (secondary N) is 1. The second kappa shape index (κ2) is 9.02. The quantitative estimate of drug-likeness (QED) is 0.422. The number of amides is 1. The van der Waals surface area contributed by atoms with Crippen LogP contribution in [-0.4, -0.2) is 57.2 Å². The second-order valence-electron chi connectivity index (χ2n) is 8.35. The molecule has 1 aliphatic rings. The number of hydrogen-bond acceptors (Lipinski definition) is 5. The zero-order valence-corrected chi connectivity index (χ0v) is 19.7. The SMILES string of the molecule is CC/C=C/C(=O)N1CCN(c2ncnc3c(F)c(-c4c(C)ccc5[nH]ncc45)c(Cl)cc23)CC1. The van der Waals surface area contributed by atoms with Gasteiger partial charge in [0, 0.05) is 48.1 Å². The van der Waals surface area contributed by atoms with Crippen LogP contribution in [0.15, 0.2) is 42.9 Å². The highest BCUT2D eigenvalue weighted by atomic mass is 35.5. The Hall–Kier alpha value is -3.52. The van der Waals surface area contributed by atoms with E-state index in [0.717, 1.165) is 22.9 Å². The smallest absolute Gasteiger partial charge is 0.246 e. The third kappa shape index (κ3) is 3.77. The van der Waals surface area contributed by atoms with Gasteiger partial charge in [0.2, 0.25) is 5.91 Å². The van der Waals surface area contributed by atoms with E-state index in [-0.39, 0.29) is 16.4 Å². The molecule has 1 fully saturated rings. The molecule has 1 saturated heterocycles. The first kappa shape index (κ1) is 22.3. The number of hydrogen-bond donors (Lipinski definition) is 1. The number of nitrogens with zero attached hydrogens (tertiary/aromatic N) is 5. The molecule has 0 atom stereocenters. The van der Waals surface area contributed by atoms with Crippen molar-refractivity contribution in [2.24, 2.45) is 0 Å². The monoisotopic (exact) mass is 478 g/mol. The minimum atomic E-state index is -0.485. The molecule has 0 unspecified atom stereocenters. The highest BCUT2D eigenvalue weighted by Crippen LogP contribution is 2.41.